The van der Waals surface area contributed by atoms with Crippen LogP contribution in [-0.2, 0) is 11.2 Å². The summed E-state index contributed by atoms with van der Waals surface area (Å²) in [4.78, 5) is 31.3. The van der Waals surface area contributed by atoms with Crippen LogP contribution < -0.4 is 0 Å². The first kappa shape index (κ1) is 18.0. The summed E-state index contributed by atoms with van der Waals surface area (Å²) in [6.45, 7) is 1.26. The molecule has 1 aliphatic rings. The Hall–Kier alpha value is -3.42. The van der Waals surface area contributed by atoms with Crippen LogP contribution in [0.5, 0.6) is 0 Å². The zero-order valence-electron chi connectivity index (χ0n) is 15.9. The molecular formula is C20H22N6O2. The molecule has 1 aliphatic heterocycles. The van der Waals surface area contributed by atoms with Crippen molar-refractivity contribution in [2.45, 2.75) is 12.8 Å². The van der Waals surface area contributed by atoms with Gasteiger partial charge in [0, 0.05) is 38.1 Å². The molecule has 0 atom stereocenters. The summed E-state index contributed by atoms with van der Waals surface area (Å²) in [6.07, 6.45) is 4.81. The van der Waals surface area contributed by atoms with Gasteiger partial charge < -0.3 is 14.8 Å². The molecule has 0 saturated carbocycles. The minimum Gasteiger partial charge on any atom is -0.351 e. The number of nitrogens with zero attached hydrogens (tertiary/aromatic N) is 4. The van der Waals surface area contributed by atoms with Crippen molar-refractivity contribution in [2.24, 2.45) is 0 Å². The Morgan fingerprint density at radius 1 is 1.25 bits per heavy atom. The van der Waals surface area contributed by atoms with E-state index in [9.17, 15) is 9.59 Å². The number of hydrogen-bond donors (Lipinski definition) is 2. The summed E-state index contributed by atoms with van der Waals surface area (Å²) >= 11 is 0. The molecule has 0 aliphatic carbocycles. The molecule has 0 bridgehead atoms. The fraction of sp³-hybridized carbons (Fsp3) is 0.300. The van der Waals surface area contributed by atoms with Crippen LogP contribution >= 0.6 is 0 Å². The Morgan fingerprint density at radius 2 is 2.11 bits per heavy atom. The first-order valence-electron chi connectivity index (χ1n) is 9.17. The molecule has 0 saturated heterocycles. The second-order valence-electron chi connectivity index (χ2n) is 7.16. The lowest BCUT2D eigenvalue weighted by atomic mass is 10.00. The second kappa shape index (κ2) is 7.30. The van der Waals surface area contributed by atoms with Gasteiger partial charge in [-0.15, -0.1) is 0 Å². The number of nitrogens with one attached hydrogen (secondary N) is 2. The molecule has 3 heterocycles. The van der Waals surface area contributed by atoms with E-state index in [0.29, 0.717) is 24.5 Å². The number of aromatic amines is 2. The maximum atomic E-state index is 12.6. The highest BCUT2D eigenvalue weighted by atomic mass is 16.2. The average Bonchev–Trinajstić information content (AvgIpc) is 3.36. The lowest BCUT2D eigenvalue weighted by molar-refractivity contribution is -0.130. The molecule has 0 spiro atoms. The Kier molecular flexibility index (Phi) is 4.68. The topological polar surface area (TPSA) is 98.0 Å². The highest BCUT2D eigenvalue weighted by Gasteiger charge is 2.20. The Balaban J connectivity index is 1.53. The minimum absolute atomic E-state index is 0.0410. The van der Waals surface area contributed by atoms with Crippen LogP contribution in [0.2, 0.25) is 0 Å². The summed E-state index contributed by atoms with van der Waals surface area (Å²) in [7, 11) is 3.47. The third-order valence-electron chi connectivity index (χ3n) is 4.93. The van der Waals surface area contributed by atoms with Crippen molar-refractivity contribution in [3.63, 3.8) is 0 Å². The summed E-state index contributed by atoms with van der Waals surface area (Å²) in [6, 6.07) is 7.95. The van der Waals surface area contributed by atoms with Crippen molar-refractivity contribution in [3.05, 3.63) is 53.5 Å². The third-order valence-corrected chi connectivity index (χ3v) is 4.93. The van der Waals surface area contributed by atoms with Gasteiger partial charge in [-0.05, 0) is 29.7 Å². The van der Waals surface area contributed by atoms with Gasteiger partial charge in [0.1, 0.15) is 5.69 Å². The number of aromatic nitrogens is 4. The number of amides is 2. The SMILES string of the molecule is CN(C)C(=O)c1cc2ccc(C3=CCCN(C(=O)Cc4cn[nH]n4)C3)cc2[nH]1. The first-order chi connectivity index (χ1) is 13.5. The van der Waals surface area contributed by atoms with Crippen molar-refractivity contribution in [1.82, 2.24) is 30.2 Å². The van der Waals surface area contributed by atoms with Gasteiger partial charge >= 0.3 is 0 Å². The van der Waals surface area contributed by atoms with E-state index in [-0.39, 0.29) is 18.2 Å². The van der Waals surface area contributed by atoms with Crippen LogP contribution in [-0.4, -0.2) is 69.2 Å². The lowest BCUT2D eigenvalue weighted by Crippen LogP contribution is -2.36. The molecule has 2 amide bonds. The van der Waals surface area contributed by atoms with Crippen LogP contribution in [0.4, 0.5) is 0 Å². The van der Waals surface area contributed by atoms with Gasteiger partial charge in [0.25, 0.3) is 5.91 Å². The molecule has 0 fully saturated rings. The van der Waals surface area contributed by atoms with E-state index in [0.717, 1.165) is 28.5 Å². The van der Waals surface area contributed by atoms with E-state index in [1.54, 1.807) is 25.2 Å². The summed E-state index contributed by atoms with van der Waals surface area (Å²) in [5.41, 5.74) is 4.29. The maximum absolute atomic E-state index is 12.6. The predicted molar refractivity (Wildman–Crippen MR) is 106 cm³/mol. The van der Waals surface area contributed by atoms with Crippen molar-refractivity contribution in [2.75, 3.05) is 27.2 Å². The van der Waals surface area contributed by atoms with E-state index >= 15 is 0 Å². The highest BCUT2D eigenvalue weighted by molar-refractivity contribution is 5.98. The average molecular weight is 378 g/mol. The van der Waals surface area contributed by atoms with Crippen LogP contribution in [0.3, 0.4) is 0 Å². The van der Waals surface area contributed by atoms with Gasteiger partial charge in [0.2, 0.25) is 5.91 Å². The van der Waals surface area contributed by atoms with Crippen molar-refractivity contribution in [3.8, 4) is 0 Å². The number of benzene rings is 1. The number of fused-ring (bicyclic) bond motifs is 1. The van der Waals surface area contributed by atoms with Crippen LogP contribution in [0.1, 0.15) is 28.2 Å². The van der Waals surface area contributed by atoms with Gasteiger partial charge in [-0.25, -0.2) is 0 Å². The minimum atomic E-state index is -0.0562. The summed E-state index contributed by atoms with van der Waals surface area (Å²) in [5, 5.41) is 11.2. The Labute approximate surface area is 162 Å². The summed E-state index contributed by atoms with van der Waals surface area (Å²) in [5.74, 6) is -0.0152. The number of hydrogen-bond acceptors (Lipinski definition) is 4. The monoisotopic (exact) mass is 378 g/mol. The quantitative estimate of drug-likeness (QED) is 0.724. The maximum Gasteiger partial charge on any atom is 0.269 e. The van der Waals surface area contributed by atoms with Crippen molar-refractivity contribution < 1.29 is 9.59 Å². The molecule has 28 heavy (non-hydrogen) atoms. The molecule has 4 rings (SSSR count). The van der Waals surface area contributed by atoms with Crippen molar-refractivity contribution >= 4 is 28.3 Å². The summed E-state index contributed by atoms with van der Waals surface area (Å²) < 4.78 is 0. The molecular weight excluding hydrogens is 356 g/mol. The predicted octanol–water partition coefficient (Wildman–Crippen LogP) is 1.85. The largest absolute Gasteiger partial charge is 0.351 e. The zero-order chi connectivity index (χ0) is 19.7. The molecule has 2 aromatic heterocycles. The van der Waals surface area contributed by atoms with Crippen LogP contribution in [0, 0.1) is 0 Å². The highest BCUT2D eigenvalue weighted by Crippen LogP contribution is 2.25. The number of H-pyrrole nitrogens is 2. The standard InChI is InChI=1S/C20H22N6O2/c1-25(2)20(28)18-9-14-6-5-13(8-17(14)22-18)15-4-3-7-26(12-15)19(27)10-16-11-21-24-23-16/h4-6,8-9,11,22H,3,7,10,12H2,1-2H3,(H,21,23,24). The zero-order valence-corrected chi connectivity index (χ0v) is 15.9. The Bertz CT molecular complexity index is 1050. The number of carbonyl (C=O) groups excluding carboxylic acids is 2. The first-order valence-corrected chi connectivity index (χ1v) is 9.17. The van der Waals surface area contributed by atoms with Crippen LogP contribution in [0.15, 0.2) is 36.5 Å². The molecule has 2 N–H and O–H groups in total. The normalized spacial score (nSPS) is 14.2. The Morgan fingerprint density at radius 3 is 2.86 bits per heavy atom. The second-order valence-corrected chi connectivity index (χ2v) is 7.16. The van der Waals surface area contributed by atoms with E-state index in [1.807, 2.05) is 29.2 Å². The van der Waals surface area contributed by atoms with E-state index < -0.39 is 0 Å². The van der Waals surface area contributed by atoms with Crippen molar-refractivity contribution in [1.29, 1.82) is 0 Å². The fourth-order valence-electron chi connectivity index (χ4n) is 3.43. The van der Waals surface area contributed by atoms with Gasteiger partial charge in [0.15, 0.2) is 0 Å². The van der Waals surface area contributed by atoms with E-state index in [1.165, 1.54) is 0 Å². The number of carbonyl (C=O) groups is 2. The molecule has 1 aromatic carbocycles. The molecule has 0 unspecified atom stereocenters. The third kappa shape index (κ3) is 3.53. The molecule has 0 radical (unpaired) electrons. The van der Waals surface area contributed by atoms with Gasteiger partial charge in [-0.2, -0.15) is 15.4 Å². The molecule has 8 heteroatoms. The molecule has 3 aromatic rings. The fourth-order valence-corrected chi connectivity index (χ4v) is 3.43. The van der Waals surface area contributed by atoms with Gasteiger partial charge in [0.05, 0.1) is 18.3 Å². The molecule has 8 nitrogen and oxygen atoms in total. The van der Waals surface area contributed by atoms with Crippen LogP contribution in [0.25, 0.3) is 16.5 Å². The lowest BCUT2D eigenvalue weighted by Gasteiger charge is -2.27. The smallest absolute Gasteiger partial charge is 0.269 e. The molecule has 144 valence electrons. The van der Waals surface area contributed by atoms with Gasteiger partial charge in [-0.3, -0.25) is 9.59 Å². The van der Waals surface area contributed by atoms with Gasteiger partial charge in [-0.1, -0.05) is 18.2 Å². The number of rotatable bonds is 4. The van der Waals surface area contributed by atoms with E-state index in [4.69, 9.17) is 0 Å². The van der Waals surface area contributed by atoms with E-state index in [2.05, 4.69) is 26.5 Å².